The smallest absolute Gasteiger partial charge is 0.336 e. The minimum absolute atomic E-state index is 0.0553. The summed E-state index contributed by atoms with van der Waals surface area (Å²) in [7, 11) is 0. The molecule has 17 heavy (non-hydrogen) atoms. The van der Waals surface area contributed by atoms with Gasteiger partial charge in [0, 0.05) is 0 Å². The second-order valence-corrected chi connectivity index (χ2v) is 3.87. The van der Waals surface area contributed by atoms with Crippen LogP contribution in [0.3, 0.4) is 0 Å². The molecule has 3 nitrogen and oxygen atoms in total. The van der Waals surface area contributed by atoms with E-state index in [4.69, 9.17) is 9.84 Å². The lowest BCUT2D eigenvalue weighted by Gasteiger charge is -2.07. The number of carbonyl (C=O) groups is 1. The van der Waals surface area contributed by atoms with Crippen molar-refractivity contribution in [1.29, 1.82) is 0 Å². The van der Waals surface area contributed by atoms with Crippen LogP contribution < -0.4 is 0 Å². The summed E-state index contributed by atoms with van der Waals surface area (Å²) < 4.78 is 18.2. The van der Waals surface area contributed by atoms with Gasteiger partial charge in [-0.15, -0.1) is 6.58 Å². The Labute approximate surface area is 99.5 Å². The van der Waals surface area contributed by atoms with Gasteiger partial charge in [0.05, 0.1) is 18.8 Å². The highest BCUT2D eigenvalue weighted by Gasteiger charge is 2.11. The molecular formula is C13H15FO3. The molecule has 0 atom stereocenters. The van der Waals surface area contributed by atoms with Gasteiger partial charge in [-0.1, -0.05) is 11.6 Å². The van der Waals surface area contributed by atoms with E-state index in [1.807, 2.05) is 6.92 Å². The highest BCUT2D eigenvalue weighted by molar-refractivity contribution is 5.89. The first-order valence-electron chi connectivity index (χ1n) is 5.24. The van der Waals surface area contributed by atoms with Gasteiger partial charge in [-0.05, 0) is 31.0 Å². The molecule has 1 rings (SSSR count). The van der Waals surface area contributed by atoms with Crippen molar-refractivity contribution in [2.75, 3.05) is 6.61 Å². The first kappa shape index (κ1) is 13.4. The van der Waals surface area contributed by atoms with Gasteiger partial charge < -0.3 is 9.84 Å². The van der Waals surface area contributed by atoms with Crippen molar-refractivity contribution in [3.63, 3.8) is 0 Å². The van der Waals surface area contributed by atoms with Gasteiger partial charge in [-0.25, -0.2) is 9.18 Å². The Morgan fingerprint density at radius 2 is 2.24 bits per heavy atom. The van der Waals surface area contributed by atoms with Crippen molar-refractivity contribution in [2.45, 2.75) is 20.0 Å². The number of benzene rings is 1. The van der Waals surface area contributed by atoms with Gasteiger partial charge in [0.2, 0.25) is 0 Å². The SMILES string of the molecule is C=C(C)CCOCc1ccc(F)cc1C(=O)O. The van der Waals surface area contributed by atoms with E-state index in [-0.39, 0.29) is 12.2 Å². The zero-order valence-electron chi connectivity index (χ0n) is 9.70. The number of rotatable bonds is 6. The quantitative estimate of drug-likeness (QED) is 0.612. The van der Waals surface area contributed by atoms with Crippen molar-refractivity contribution in [3.05, 3.63) is 47.3 Å². The Morgan fingerprint density at radius 1 is 1.53 bits per heavy atom. The number of ether oxygens (including phenoxy) is 1. The van der Waals surface area contributed by atoms with Crippen molar-refractivity contribution >= 4 is 5.97 Å². The molecule has 0 aliphatic carbocycles. The molecule has 92 valence electrons. The Hall–Kier alpha value is -1.68. The van der Waals surface area contributed by atoms with E-state index < -0.39 is 11.8 Å². The average Bonchev–Trinajstić information content (AvgIpc) is 2.25. The molecule has 0 unspecified atom stereocenters. The van der Waals surface area contributed by atoms with Crippen LogP contribution in [0.4, 0.5) is 4.39 Å². The zero-order chi connectivity index (χ0) is 12.8. The van der Waals surface area contributed by atoms with Crippen molar-refractivity contribution in [3.8, 4) is 0 Å². The van der Waals surface area contributed by atoms with Crippen LogP contribution in [0.15, 0.2) is 30.4 Å². The van der Waals surface area contributed by atoms with E-state index in [0.29, 0.717) is 12.2 Å². The molecule has 1 N–H and O–H groups in total. The number of hydrogen-bond donors (Lipinski definition) is 1. The van der Waals surface area contributed by atoms with Gasteiger partial charge in [-0.3, -0.25) is 0 Å². The molecule has 4 heteroatoms. The van der Waals surface area contributed by atoms with Gasteiger partial charge in [0.1, 0.15) is 5.82 Å². The maximum atomic E-state index is 12.9. The number of halogens is 1. The topological polar surface area (TPSA) is 46.5 Å². The lowest BCUT2D eigenvalue weighted by molar-refractivity contribution is 0.0687. The molecule has 0 saturated carbocycles. The summed E-state index contributed by atoms with van der Waals surface area (Å²) in [5.41, 5.74) is 1.42. The molecule has 1 aromatic carbocycles. The molecule has 0 amide bonds. The molecule has 0 bridgehead atoms. The van der Waals surface area contributed by atoms with Crippen LogP contribution in [0.1, 0.15) is 29.3 Å². The summed E-state index contributed by atoms with van der Waals surface area (Å²) >= 11 is 0. The lowest BCUT2D eigenvalue weighted by Crippen LogP contribution is -2.05. The second kappa shape index (κ2) is 6.15. The van der Waals surface area contributed by atoms with Gasteiger partial charge >= 0.3 is 5.97 Å². The Balaban J connectivity index is 2.64. The molecular weight excluding hydrogens is 223 g/mol. The normalized spacial score (nSPS) is 10.2. The fourth-order valence-corrected chi connectivity index (χ4v) is 1.30. The number of hydrogen-bond acceptors (Lipinski definition) is 2. The molecule has 0 spiro atoms. The first-order valence-corrected chi connectivity index (χ1v) is 5.24. The predicted molar refractivity (Wildman–Crippen MR) is 62.4 cm³/mol. The van der Waals surface area contributed by atoms with E-state index in [9.17, 15) is 9.18 Å². The van der Waals surface area contributed by atoms with Crippen molar-refractivity contribution in [2.24, 2.45) is 0 Å². The summed E-state index contributed by atoms with van der Waals surface area (Å²) in [4.78, 5) is 10.9. The third-order valence-electron chi connectivity index (χ3n) is 2.23. The number of carboxylic acids is 1. The van der Waals surface area contributed by atoms with Gasteiger partial charge in [0.25, 0.3) is 0 Å². The van der Waals surface area contributed by atoms with Crippen LogP contribution in [0.25, 0.3) is 0 Å². The fraction of sp³-hybridized carbons (Fsp3) is 0.308. The maximum Gasteiger partial charge on any atom is 0.336 e. The summed E-state index contributed by atoms with van der Waals surface area (Å²) in [5, 5.41) is 8.90. The van der Waals surface area contributed by atoms with E-state index in [1.165, 1.54) is 12.1 Å². The molecule has 0 heterocycles. The fourth-order valence-electron chi connectivity index (χ4n) is 1.30. The van der Waals surface area contributed by atoms with Gasteiger partial charge in [-0.2, -0.15) is 0 Å². The Bertz CT molecular complexity index is 427. The Kier molecular flexibility index (Phi) is 4.84. The predicted octanol–water partition coefficient (Wildman–Crippen LogP) is 3.01. The molecule has 0 aromatic heterocycles. The van der Waals surface area contributed by atoms with Crippen molar-refractivity contribution < 1.29 is 19.0 Å². The molecule has 1 aromatic rings. The summed E-state index contributed by atoms with van der Waals surface area (Å²) in [6.07, 6.45) is 0.726. The molecule has 0 radical (unpaired) electrons. The minimum Gasteiger partial charge on any atom is -0.478 e. The van der Waals surface area contributed by atoms with E-state index in [0.717, 1.165) is 18.1 Å². The number of aromatic carboxylic acids is 1. The Morgan fingerprint density at radius 3 is 2.82 bits per heavy atom. The van der Waals surface area contributed by atoms with Crippen LogP contribution in [0, 0.1) is 5.82 Å². The average molecular weight is 238 g/mol. The molecule has 0 saturated heterocycles. The molecule has 0 aliphatic rings. The van der Waals surface area contributed by atoms with E-state index in [2.05, 4.69) is 6.58 Å². The van der Waals surface area contributed by atoms with Crippen molar-refractivity contribution in [1.82, 2.24) is 0 Å². The zero-order valence-corrected chi connectivity index (χ0v) is 9.70. The summed E-state index contributed by atoms with van der Waals surface area (Å²) in [6.45, 7) is 6.27. The highest BCUT2D eigenvalue weighted by Crippen LogP contribution is 2.13. The third kappa shape index (κ3) is 4.36. The largest absolute Gasteiger partial charge is 0.478 e. The minimum atomic E-state index is -1.15. The van der Waals surface area contributed by atoms with E-state index in [1.54, 1.807) is 0 Å². The van der Waals surface area contributed by atoms with Crippen LogP contribution >= 0.6 is 0 Å². The molecule has 0 fully saturated rings. The lowest BCUT2D eigenvalue weighted by atomic mass is 10.1. The van der Waals surface area contributed by atoms with Gasteiger partial charge in [0.15, 0.2) is 0 Å². The van der Waals surface area contributed by atoms with Crippen LogP contribution in [-0.2, 0) is 11.3 Å². The van der Waals surface area contributed by atoms with Crippen LogP contribution in [-0.4, -0.2) is 17.7 Å². The van der Waals surface area contributed by atoms with E-state index >= 15 is 0 Å². The third-order valence-corrected chi connectivity index (χ3v) is 2.23. The first-order chi connectivity index (χ1) is 8.00. The highest BCUT2D eigenvalue weighted by atomic mass is 19.1. The van der Waals surface area contributed by atoms with Crippen LogP contribution in [0.2, 0.25) is 0 Å². The second-order valence-electron chi connectivity index (χ2n) is 3.87. The standard InChI is InChI=1S/C13H15FO3/c1-9(2)5-6-17-8-10-3-4-11(14)7-12(10)13(15)16/h3-4,7H,1,5-6,8H2,2H3,(H,15,16). The maximum absolute atomic E-state index is 12.9. The summed E-state index contributed by atoms with van der Waals surface area (Å²) in [6, 6.07) is 3.66. The number of carboxylic acid groups (broad SMARTS) is 1. The molecule has 0 aliphatic heterocycles. The van der Waals surface area contributed by atoms with Crippen LogP contribution in [0.5, 0.6) is 0 Å². The summed E-state index contributed by atoms with van der Waals surface area (Å²) in [5.74, 6) is -1.71. The monoisotopic (exact) mass is 238 g/mol.